The molecule has 0 unspecified atom stereocenters. The molecule has 1 amide bonds. The number of aromatic amines is 1. The number of hydrogen-bond acceptors (Lipinski definition) is 4. The maximum atomic E-state index is 11.5. The Morgan fingerprint density at radius 2 is 2.11 bits per heavy atom. The number of nitrogens with one attached hydrogen (secondary N) is 2. The van der Waals surface area contributed by atoms with Crippen molar-refractivity contribution in [3.8, 4) is 0 Å². The van der Waals surface area contributed by atoms with Gasteiger partial charge < -0.3 is 20.5 Å². The number of H-pyrrole nitrogens is 1. The van der Waals surface area contributed by atoms with Crippen LogP contribution in [0.5, 0.6) is 0 Å². The standard InChI is InChI=1S/C10H13N3O5/c14-8(3-6-4-11-5-12-6)13-7(10(17)18)1-2-9(15)16/h4-5,7H,1-3H2,(H,11,12)(H,13,14)(H,15,16)(H,17,18)/t7-/m0/s1. The number of imidazole rings is 1. The molecule has 4 N–H and O–H groups in total. The van der Waals surface area contributed by atoms with E-state index in [9.17, 15) is 14.4 Å². The molecule has 8 heteroatoms. The monoisotopic (exact) mass is 255 g/mol. The number of amides is 1. The summed E-state index contributed by atoms with van der Waals surface area (Å²) >= 11 is 0. The highest BCUT2D eigenvalue weighted by Gasteiger charge is 2.20. The van der Waals surface area contributed by atoms with Crippen molar-refractivity contribution in [2.45, 2.75) is 25.3 Å². The summed E-state index contributed by atoms with van der Waals surface area (Å²) in [6.07, 6.45) is 2.35. The van der Waals surface area contributed by atoms with Gasteiger partial charge in [0.25, 0.3) is 0 Å². The Kier molecular flexibility index (Phi) is 4.85. The summed E-state index contributed by atoms with van der Waals surface area (Å²) in [6.45, 7) is 0. The van der Waals surface area contributed by atoms with E-state index in [4.69, 9.17) is 10.2 Å². The van der Waals surface area contributed by atoms with Crippen LogP contribution in [0, 0.1) is 0 Å². The lowest BCUT2D eigenvalue weighted by molar-refractivity contribution is -0.143. The first-order valence-corrected chi connectivity index (χ1v) is 5.20. The van der Waals surface area contributed by atoms with Crippen molar-refractivity contribution in [1.82, 2.24) is 15.3 Å². The zero-order valence-electron chi connectivity index (χ0n) is 9.42. The van der Waals surface area contributed by atoms with Crippen molar-refractivity contribution >= 4 is 17.8 Å². The molecule has 18 heavy (non-hydrogen) atoms. The van der Waals surface area contributed by atoms with Crippen LogP contribution in [0.1, 0.15) is 18.5 Å². The van der Waals surface area contributed by atoms with Crippen molar-refractivity contribution in [2.24, 2.45) is 0 Å². The van der Waals surface area contributed by atoms with Gasteiger partial charge in [0, 0.05) is 18.3 Å². The second-order valence-corrected chi connectivity index (χ2v) is 3.64. The molecule has 1 aromatic heterocycles. The van der Waals surface area contributed by atoms with E-state index >= 15 is 0 Å². The maximum absolute atomic E-state index is 11.5. The lowest BCUT2D eigenvalue weighted by Crippen LogP contribution is -2.41. The fourth-order valence-corrected chi connectivity index (χ4v) is 1.32. The molecule has 1 atom stereocenters. The number of carbonyl (C=O) groups is 3. The van der Waals surface area contributed by atoms with E-state index in [0.29, 0.717) is 5.69 Å². The molecule has 0 spiro atoms. The highest BCUT2D eigenvalue weighted by molar-refractivity contribution is 5.84. The number of nitrogens with zero attached hydrogens (tertiary/aromatic N) is 1. The number of carboxylic acid groups (broad SMARTS) is 2. The van der Waals surface area contributed by atoms with Gasteiger partial charge in [-0.3, -0.25) is 9.59 Å². The van der Waals surface area contributed by atoms with E-state index in [1.165, 1.54) is 12.5 Å². The molecule has 0 aliphatic heterocycles. The normalized spacial score (nSPS) is 11.8. The zero-order chi connectivity index (χ0) is 13.5. The first-order valence-electron chi connectivity index (χ1n) is 5.20. The number of carbonyl (C=O) groups excluding carboxylic acids is 1. The lowest BCUT2D eigenvalue weighted by Gasteiger charge is -2.12. The van der Waals surface area contributed by atoms with Crippen LogP contribution < -0.4 is 5.32 Å². The number of aromatic nitrogens is 2. The summed E-state index contributed by atoms with van der Waals surface area (Å²) in [6, 6.07) is -1.20. The van der Waals surface area contributed by atoms with Gasteiger partial charge in [-0.15, -0.1) is 0 Å². The van der Waals surface area contributed by atoms with Crippen LogP contribution in [0.2, 0.25) is 0 Å². The molecular weight excluding hydrogens is 242 g/mol. The minimum Gasteiger partial charge on any atom is -0.481 e. The zero-order valence-corrected chi connectivity index (χ0v) is 9.42. The van der Waals surface area contributed by atoms with Crippen molar-refractivity contribution < 1.29 is 24.6 Å². The van der Waals surface area contributed by atoms with Gasteiger partial charge in [-0.05, 0) is 6.42 Å². The summed E-state index contributed by atoms with van der Waals surface area (Å²) in [5.41, 5.74) is 0.551. The number of rotatable bonds is 7. The minimum atomic E-state index is -1.26. The van der Waals surface area contributed by atoms with Crippen LogP contribution in [0.4, 0.5) is 0 Å². The average Bonchev–Trinajstić information content (AvgIpc) is 2.76. The summed E-state index contributed by atoms with van der Waals surface area (Å²) in [5.74, 6) is -2.87. The van der Waals surface area contributed by atoms with Crippen LogP contribution in [0.25, 0.3) is 0 Å². The quantitative estimate of drug-likeness (QED) is 0.513. The van der Waals surface area contributed by atoms with Gasteiger partial charge in [0.2, 0.25) is 5.91 Å². The molecule has 1 aromatic rings. The van der Waals surface area contributed by atoms with Crippen molar-refractivity contribution in [3.63, 3.8) is 0 Å². The van der Waals surface area contributed by atoms with Gasteiger partial charge in [0.05, 0.1) is 12.7 Å². The molecule has 0 fully saturated rings. The lowest BCUT2D eigenvalue weighted by atomic mass is 10.1. The SMILES string of the molecule is O=C(O)CC[C@H](NC(=O)Cc1cnc[nH]1)C(=O)O. The van der Waals surface area contributed by atoms with Crippen LogP contribution in [-0.2, 0) is 20.8 Å². The van der Waals surface area contributed by atoms with Crippen LogP contribution in [-0.4, -0.2) is 44.1 Å². The number of hydrogen-bond donors (Lipinski definition) is 4. The fraction of sp³-hybridized carbons (Fsp3) is 0.400. The van der Waals surface area contributed by atoms with Gasteiger partial charge in [0.15, 0.2) is 0 Å². The predicted octanol–water partition coefficient (Wildman–Crippen LogP) is -0.614. The van der Waals surface area contributed by atoms with Gasteiger partial charge in [-0.2, -0.15) is 0 Å². The molecular formula is C10H13N3O5. The second-order valence-electron chi connectivity index (χ2n) is 3.64. The Bertz CT molecular complexity index is 429. The molecule has 1 rings (SSSR count). The third kappa shape index (κ3) is 4.64. The predicted molar refractivity (Wildman–Crippen MR) is 58.7 cm³/mol. The van der Waals surface area contributed by atoms with Crippen LogP contribution >= 0.6 is 0 Å². The van der Waals surface area contributed by atoms with Crippen LogP contribution in [0.3, 0.4) is 0 Å². The molecule has 1 heterocycles. The molecule has 0 saturated heterocycles. The second kappa shape index (κ2) is 6.38. The average molecular weight is 255 g/mol. The highest BCUT2D eigenvalue weighted by atomic mass is 16.4. The Hall–Kier alpha value is -2.38. The van der Waals surface area contributed by atoms with Crippen LogP contribution in [0.15, 0.2) is 12.5 Å². The van der Waals surface area contributed by atoms with E-state index < -0.39 is 23.9 Å². The maximum Gasteiger partial charge on any atom is 0.326 e. The third-order valence-corrected chi connectivity index (χ3v) is 2.19. The van der Waals surface area contributed by atoms with E-state index in [1.807, 2.05) is 0 Å². The number of aliphatic carboxylic acids is 2. The fourth-order valence-electron chi connectivity index (χ4n) is 1.32. The van der Waals surface area contributed by atoms with Gasteiger partial charge in [0.1, 0.15) is 6.04 Å². The highest BCUT2D eigenvalue weighted by Crippen LogP contribution is 2.00. The Labute approximate surface area is 102 Å². The molecule has 98 valence electrons. The Morgan fingerprint density at radius 1 is 1.39 bits per heavy atom. The van der Waals surface area contributed by atoms with E-state index in [-0.39, 0.29) is 19.3 Å². The molecule has 0 radical (unpaired) electrons. The number of carboxylic acids is 2. The summed E-state index contributed by atoms with van der Waals surface area (Å²) in [5, 5.41) is 19.6. The third-order valence-electron chi connectivity index (χ3n) is 2.19. The molecule has 0 aliphatic rings. The first-order chi connectivity index (χ1) is 8.49. The molecule has 0 aromatic carbocycles. The van der Waals surface area contributed by atoms with Crippen molar-refractivity contribution in [3.05, 3.63) is 18.2 Å². The first kappa shape index (κ1) is 13.7. The van der Waals surface area contributed by atoms with Gasteiger partial charge in [-0.1, -0.05) is 0 Å². The van der Waals surface area contributed by atoms with E-state index in [1.54, 1.807) is 0 Å². The summed E-state index contributed by atoms with van der Waals surface area (Å²) in [4.78, 5) is 39.1. The van der Waals surface area contributed by atoms with Gasteiger partial charge >= 0.3 is 11.9 Å². The van der Waals surface area contributed by atoms with E-state index in [0.717, 1.165) is 0 Å². The molecule has 0 saturated carbocycles. The molecule has 0 bridgehead atoms. The summed E-state index contributed by atoms with van der Waals surface area (Å²) in [7, 11) is 0. The molecule has 0 aliphatic carbocycles. The summed E-state index contributed by atoms with van der Waals surface area (Å²) < 4.78 is 0. The minimum absolute atomic E-state index is 0.0309. The Morgan fingerprint density at radius 3 is 2.61 bits per heavy atom. The topological polar surface area (TPSA) is 132 Å². The van der Waals surface area contributed by atoms with Gasteiger partial charge in [-0.25, -0.2) is 9.78 Å². The smallest absolute Gasteiger partial charge is 0.326 e. The molecule has 8 nitrogen and oxygen atoms in total. The van der Waals surface area contributed by atoms with Crippen molar-refractivity contribution in [2.75, 3.05) is 0 Å². The van der Waals surface area contributed by atoms with Crippen molar-refractivity contribution in [1.29, 1.82) is 0 Å². The van der Waals surface area contributed by atoms with E-state index in [2.05, 4.69) is 15.3 Å². The Balaban J connectivity index is 2.47. The largest absolute Gasteiger partial charge is 0.481 e.